The van der Waals surface area contributed by atoms with Gasteiger partial charge in [0.05, 0.1) is 11.0 Å². The van der Waals surface area contributed by atoms with E-state index < -0.39 is 0 Å². The Bertz CT molecular complexity index is 989. The van der Waals surface area contributed by atoms with Gasteiger partial charge >= 0.3 is 0 Å². The van der Waals surface area contributed by atoms with Crippen molar-refractivity contribution in [2.24, 2.45) is 0 Å². The van der Waals surface area contributed by atoms with E-state index in [1.54, 1.807) is 6.08 Å². The maximum atomic E-state index is 12.3. The molecule has 0 saturated carbocycles. The molecule has 0 fully saturated rings. The van der Waals surface area contributed by atoms with Crippen molar-refractivity contribution in [1.29, 1.82) is 0 Å². The molecule has 0 aliphatic carbocycles. The van der Waals surface area contributed by atoms with Gasteiger partial charge < -0.3 is 15.2 Å². The van der Waals surface area contributed by atoms with Crippen LogP contribution in [0, 0.1) is 6.92 Å². The molecule has 0 aliphatic rings. The number of para-hydroxylation sites is 2. The van der Waals surface area contributed by atoms with Crippen LogP contribution in [0.25, 0.3) is 11.0 Å². The molecule has 1 aromatic heterocycles. The first-order valence-corrected chi connectivity index (χ1v) is 9.25. The van der Waals surface area contributed by atoms with Crippen LogP contribution in [0.15, 0.2) is 61.2 Å². The van der Waals surface area contributed by atoms with E-state index in [9.17, 15) is 9.59 Å². The average molecular weight is 376 g/mol. The first-order chi connectivity index (χ1) is 13.6. The van der Waals surface area contributed by atoms with Crippen molar-refractivity contribution in [2.75, 3.05) is 13.1 Å². The quantitative estimate of drug-likeness (QED) is 0.594. The van der Waals surface area contributed by atoms with Gasteiger partial charge in [0.1, 0.15) is 12.4 Å². The average Bonchev–Trinajstić information content (AvgIpc) is 3.04. The zero-order valence-corrected chi connectivity index (χ0v) is 15.9. The van der Waals surface area contributed by atoms with Crippen molar-refractivity contribution in [3.63, 3.8) is 0 Å². The molecule has 0 aliphatic heterocycles. The van der Waals surface area contributed by atoms with E-state index in [0.717, 1.165) is 22.4 Å². The van der Waals surface area contributed by atoms with Crippen LogP contribution in [0.1, 0.15) is 21.7 Å². The fourth-order valence-corrected chi connectivity index (χ4v) is 2.97. The first-order valence-electron chi connectivity index (χ1n) is 9.25. The number of carbonyl (C=O) groups is 2. The number of aromatic nitrogens is 2. The number of nitrogens with zero attached hydrogens (tertiary/aromatic N) is 2. The van der Waals surface area contributed by atoms with Gasteiger partial charge in [-0.25, -0.2) is 4.98 Å². The molecular weight excluding hydrogens is 352 g/mol. The van der Waals surface area contributed by atoms with E-state index >= 15 is 0 Å². The largest absolute Gasteiger partial charge is 0.352 e. The number of fused-ring (bicyclic) bond motifs is 1. The number of hydrogen-bond acceptors (Lipinski definition) is 3. The van der Waals surface area contributed by atoms with E-state index in [2.05, 4.69) is 22.2 Å². The van der Waals surface area contributed by atoms with E-state index in [0.29, 0.717) is 25.1 Å². The lowest BCUT2D eigenvalue weighted by atomic mass is 10.1. The molecule has 6 nitrogen and oxygen atoms in total. The molecule has 0 spiro atoms. The number of rotatable bonds is 8. The Labute approximate surface area is 164 Å². The lowest BCUT2D eigenvalue weighted by Gasteiger charge is -2.10. The van der Waals surface area contributed by atoms with E-state index in [4.69, 9.17) is 0 Å². The third-order valence-electron chi connectivity index (χ3n) is 4.43. The van der Waals surface area contributed by atoms with Crippen LogP contribution in [-0.4, -0.2) is 34.5 Å². The molecule has 2 aromatic carbocycles. The lowest BCUT2D eigenvalue weighted by Crippen LogP contribution is -2.29. The predicted molar refractivity (Wildman–Crippen MR) is 110 cm³/mol. The summed E-state index contributed by atoms with van der Waals surface area (Å²) in [7, 11) is 0. The van der Waals surface area contributed by atoms with Crippen molar-refractivity contribution in [3.05, 3.63) is 78.1 Å². The third kappa shape index (κ3) is 4.65. The highest BCUT2D eigenvalue weighted by atomic mass is 16.2. The zero-order chi connectivity index (χ0) is 19.9. The highest BCUT2D eigenvalue weighted by Gasteiger charge is 2.14. The Morgan fingerprint density at radius 3 is 2.61 bits per heavy atom. The summed E-state index contributed by atoms with van der Waals surface area (Å²) < 4.78 is 1.89. The van der Waals surface area contributed by atoms with Crippen LogP contribution in [0.4, 0.5) is 0 Å². The van der Waals surface area contributed by atoms with Gasteiger partial charge in [-0.1, -0.05) is 35.9 Å². The fraction of sp³-hybridized carbons (Fsp3) is 0.227. The summed E-state index contributed by atoms with van der Waals surface area (Å²) in [6.07, 6.45) is 2.17. The van der Waals surface area contributed by atoms with Crippen LogP contribution >= 0.6 is 0 Å². The van der Waals surface area contributed by atoms with Gasteiger partial charge in [0, 0.05) is 25.1 Å². The van der Waals surface area contributed by atoms with Gasteiger partial charge in [-0.15, -0.1) is 6.58 Å². The topological polar surface area (TPSA) is 76.0 Å². The summed E-state index contributed by atoms with van der Waals surface area (Å²) in [5, 5.41) is 5.71. The number of carbonyl (C=O) groups excluding carboxylic acids is 2. The molecule has 3 rings (SSSR count). The van der Waals surface area contributed by atoms with Crippen molar-refractivity contribution in [3.8, 4) is 0 Å². The highest BCUT2D eigenvalue weighted by molar-refractivity contribution is 5.94. The number of hydrogen-bond donors (Lipinski definition) is 2. The minimum atomic E-state index is -0.119. The second-order valence-electron chi connectivity index (χ2n) is 6.57. The second-order valence-corrected chi connectivity index (χ2v) is 6.57. The molecule has 3 aromatic rings. The third-order valence-corrected chi connectivity index (χ3v) is 4.43. The summed E-state index contributed by atoms with van der Waals surface area (Å²) in [5.74, 6) is 0.540. The van der Waals surface area contributed by atoms with Crippen molar-refractivity contribution in [1.82, 2.24) is 20.2 Å². The number of amides is 2. The number of aryl methyl sites for hydroxylation is 1. The Hall–Kier alpha value is -3.41. The summed E-state index contributed by atoms with van der Waals surface area (Å²) in [6, 6.07) is 15.1. The zero-order valence-electron chi connectivity index (χ0n) is 15.9. The first kappa shape index (κ1) is 19.4. The summed E-state index contributed by atoms with van der Waals surface area (Å²) in [6.45, 7) is 6.63. The Balaban J connectivity index is 1.70. The SMILES string of the molecule is C=CCNC(=O)Cn1c(CCNC(=O)c2ccc(C)cc2)nc2ccccc21. The normalized spacial score (nSPS) is 10.6. The fourth-order valence-electron chi connectivity index (χ4n) is 2.97. The van der Waals surface area contributed by atoms with Gasteiger partial charge in [0.15, 0.2) is 0 Å². The number of nitrogens with one attached hydrogen (secondary N) is 2. The molecule has 144 valence electrons. The Morgan fingerprint density at radius 1 is 1.11 bits per heavy atom. The van der Waals surface area contributed by atoms with E-state index in [1.165, 1.54) is 0 Å². The lowest BCUT2D eigenvalue weighted by molar-refractivity contribution is -0.121. The summed E-state index contributed by atoms with van der Waals surface area (Å²) >= 11 is 0. The van der Waals surface area contributed by atoms with Crippen LogP contribution in [0.5, 0.6) is 0 Å². The van der Waals surface area contributed by atoms with Crippen molar-refractivity contribution in [2.45, 2.75) is 19.9 Å². The highest BCUT2D eigenvalue weighted by Crippen LogP contribution is 2.16. The number of imidazole rings is 1. The summed E-state index contributed by atoms with van der Waals surface area (Å²) in [5.41, 5.74) is 3.47. The molecule has 2 amide bonds. The van der Waals surface area contributed by atoms with E-state index in [-0.39, 0.29) is 18.4 Å². The second kappa shape index (κ2) is 8.99. The van der Waals surface area contributed by atoms with E-state index in [1.807, 2.05) is 60.0 Å². The van der Waals surface area contributed by atoms with Crippen molar-refractivity contribution >= 4 is 22.8 Å². The van der Waals surface area contributed by atoms with Gasteiger partial charge in [-0.05, 0) is 31.2 Å². The summed E-state index contributed by atoms with van der Waals surface area (Å²) in [4.78, 5) is 29.1. The minimum absolute atomic E-state index is 0.104. The van der Waals surface area contributed by atoms with Gasteiger partial charge in [0.25, 0.3) is 5.91 Å². The monoisotopic (exact) mass is 376 g/mol. The molecule has 1 heterocycles. The molecule has 0 bridgehead atoms. The molecule has 28 heavy (non-hydrogen) atoms. The van der Waals surface area contributed by atoms with Crippen LogP contribution in [0.3, 0.4) is 0 Å². The van der Waals surface area contributed by atoms with Gasteiger partial charge in [-0.3, -0.25) is 9.59 Å². The standard InChI is InChI=1S/C22H24N4O2/c1-3-13-23-21(27)15-26-19-7-5-4-6-18(19)25-20(26)12-14-24-22(28)17-10-8-16(2)9-11-17/h3-11H,1,12-15H2,2H3,(H,23,27)(H,24,28). The molecule has 0 saturated heterocycles. The smallest absolute Gasteiger partial charge is 0.251 e. The molecule has 2 N–H and O–H groups in total. The van der Waals surface area contributed by atoms with Crippen LogP contribution < -0.4 is 10.6 Å². The van der Waals surface area contributed by atoms with Gasteiger partial charge in [-0.2, -0.15) is 0 Å². The Morgan fingerprint density at radius 2 is 1.86 bits per heavy atom. The molecule has 0 atom stereocenters. The maximum absolute atomic E-state index is 12.3. The minimum Gasteiger partial charge on any atom is -0.352 e. The molecule has 6 heteroatoms. The predicted octanol–water partition coefficient (Wildman–Crippen LogP) is 2.62. The number of benzene rings is 2. The maximum Gasteiger partial charge on any atom is 0.251 e. The van der Waals surface area contributed by atoms with Crippen LogP contribution in [0.2, 0.25) is 0 Å². The Kier molecular flexibility index (Phi) is 6.22. The molecular formula is C22H24N4O2. The van der Waals surface area contributed by atoms with Crippen LogP contribution in [-0.2, 0) is 17.8 Å². The van der Waals surface area contributed by atoms with Gasteiger partial charge in [0.2, 0.25) is 5.91 Å². The molecule has 0 radical (unpaired) electrons. The van der Waals surface area contributed by atoms with Crippen molar-refractivity contribution < 1.29 is 9.59 Å². The molecule has 0 unspecified atom stereocenters.